The van der Waals surface area contributed by atoms with Gasteiger partial charge in [-0.05, 0) is 68.9 Å². The molecule has 2 heterocycles. The number of nitrogens with zero attached hydrogens (tertiary/aromatic N) is 1. The molecule has 2 aliphatic heterocycles. The lowest BCUT2D eigenvalue weighted by Gasteiger charge is -2.35. The van der Waals surface area contributed by atoms with E-state index in [-0.39, 0.29) is 5.91 Å². The molecule has 120 valence electrons. The molecule has 1 aromatic rings. The van der Waals surface area contributed by atoms with Crippen molar-refractivity contribution in [3.05, 3.63) is 29.8 Å². The van der Waals surface area contributed by atoms with Gasteiger partial charge in [0, 0.05) is 25.2 Å². The van der Waals surface area contributed by atoms with Crippen LogP contribution in [0.5, 0.6) is 0 Å². The predicted molar refractivity (Wildman–Crippen MR) is 89.8 cm³/mol. The molecule has 0 spiro atoms. The zero-order chi connectivity index (χ0) is 15.4. The van der Waals surface area contributed by atoms with Crippen LogP contribution in [-0.2, 0) is 11.3 Å². The molecule has 0 aromatic heterocycles. The van der Waals surface area contributed by atoms with Gasteiger partial charge in [-0.15, -0.1) is 0 Å². The fraction of sp³-hybridized carbons (Fsp3) is 0.611. The quantitative estimate of drug-likeness (QED) is 0.898. The second-order valence-corrected chi connectivity index (χ2v) is 6.69. The first-order valence-electron chi connectivity index (χ1n) is 8.53. The Balaban J connectivity index is 1.46. The summed E-state index contributed by atoms with van der Waals surface area (Å²) in [5.41, 5.74) is 2.20. The standard InChI is InChI=1S/C18H27N3O/c1-14(22)20-17-6-4-15(5-7-17)13-21-11-8-16(9-12-21)18-3-2-10-19-18/h4-7,16,18-19H,2-3,8-13H2,1H3,(H,20,22). The van der Waals surface area contributed by atoms with E-state index in [1.54, 1.807) is 0 Å². The number of anilines is 1. The Morgan fingerprint density at radius 3 is 2.55 bits per heavy atom. The molecular weight excluding hydrogens is 274 g/mol. The van der Waals surface area contributed by atoms with Gasteiger partial charge < -0.3 is 10.6 Å². The molecule has 0 aliphatic carbocycles. The van der Waals surface area contributed by atoms with Crippen LogP contribution in [0.15, 0.2) is 24.3 Å². The van der Waals surface area contributed by atoms with Gasteiger partial charge in [-0.1, -0.05) is 12.1 Å². The normalized spacial score (nSPS) is 23.6. The summed E-state index contributed by atoms with van der Waals surface area (Å²) in [4.78, 5) is 13.6. The van der Waals surface area contributed by atoms with Crippen molar-refractivity contribution in [1.82, 2.24) is 10.2 Å². The molecule has 1 aromatic carbocycles. The molecular formula is C18H27N3O. The van der Waals surface area contributed by atoms with Gasteiger partial charge in [-0.25, -0.2) is 0 Å². The molecule has 1 amide bonds. The molecule has 2 fully saturated rings. The molecule has 3 rings (SSSR count). The first-order chi connectivity index (χ1) is 10.7. The second kappa shape index (κ2) is 7.25. The number of carbonyl (C=O) groups excluding carboxylic acids is 1. The van der Waals surface area contributed by atoms with Gasteiger partial charge in [0.25, 0.3) is 0 Å². The summed E-state index contributed by atoms with van der Waals surface area (Å²) >= 11 is 0. The van der Waals surface area contributed by atoms with Crippen molar-refractivity contribution >= 4 is 11.6 Å². The zero-order valence-electron chi connectivity index (χ0n) is 13.5. The summed E-state index contributed by atoms with van der Waals surface area (Å²) in [6, 6.07) is 9.00. The van der Waals surface area contributed by atoms with Gasteiger partial charge in [0.05, 0.1) is 0 Å². The minimum Gasteiger partial charge on any atom is -0.326 e. The number of piperidine rings is 1. The largest absolute Gasteiger partial charge is 0.326 e. The second-order valence-electron chi connectivity index (χ2n) is 6.69. The summed E-state index contributed by atoms with van der Waals surface area (Å²) < 4.78 is 0. The lowest BCUT2D eigenvalue weighted by molar-refractivity contribution is -0.114. The molecule has 0 saturated carbocycles. The topological polar surface area (TPSA) is 44.4 Å². The number of hydrogen-bond donors (Lipinski definition) is 2. The van der Waals surface area contributed by atoms with Crippen molar-refractivity contribution in [2.24, 2.45) is 5.92 Å². The van der Waals surface area contributed by atoms with E-state index < -0.39 is 0 Å². The van der Waals surface area contributed by atoms with Crippen LogP contribution in [0.1, 0.15) is 38.2 Å². The van der Waals surface area contributed by atoms with Gasteiger partial charge in [-0.3, -0.25) is 9.69 Å². The molecule has 4 heteroatoms. The third-order valence-electron chi connectivity index (χ3n) is 4.98. The van der Waals surface area contributed by atoms with Gasteiger partial charge in [0.1, 0.15) is 0 Å². The molecule has 2 aliphatic rings. The zero-order valence-corrected chi connectivity index (χ0v) is 13.5. The third kappa shape index (κ3) is 4.08. The van der Waals surface area contributed by atoms with E-state index in [1.165, 1.54) is 57.8 Å². The van der Waals surface area contributed by atoms with Crippen molar-refractivity contribution < 1.29 is 4.79 Å². The van der Waals surface area contributed by atoms with Crippen LogP contribution in [0.2, 0.25) is 0 Å². The van der Waals surface area contributed by atoms with Crippen LogP contribution in [-0.4, -0.2) is 36.5 Å². The summed E-state index contributed by atoms with van der Waals surface area (Å²) in [5, 5.41) is 6.47. The highest BCUT2D eigenvalue weighted by Gasteiger charge is 2.28. The van der Waals surface area contributed by atoms with E-state index in [9.17, 15) is 4.79 Å². The Morgan fingerprint density at radius 1 is 1.23 bits per heavy atom. The highest BCUT2D eigenvalue weighted by Crippen LogP contribution is 2.26. The fourth-order valence-corrected chi connectivity index (χ4v) is 3.78. The Morgan fingerprint density at radius 2 is 1.95 bits per heavy atom. The van der Waals surface area contributed by atoms with E-state index in [2.05, 4.69) is 27.7 Å². The van der Waals surface area contributed by atoms with Crippen LogP contribution in [0.3, 0.4) is 0 Å². The van der Waals surface area contributed by atoms with Crippen molar-refractivity contribution in [3.8, 4) is 0 Å². The molecule has 2 N–H and O–H groups in total. The maximum atomic E-state index is 11.0. The fourth-order valence-electron chi connectivity index (χ4n) is 3.78. The molecule has 2 saturated heterocycles. The number of amides is 1. The number of nitrogens with one attached hydrogen (secondary N) is 2. The lowest BCUT2D eigenvalue weighted by Crippen LogP contribution is -2.40. The molecule has 0 bridgehead atoms. The lowest BCUT2D eigenvalue weighted by atomic mass is 9.88. The van der Waals surface area contributed by atoms with Crippen LogP contribution in [0.25, 0.3) is 0 Å². The van der Waals surface area contributed by atoms with Gasteiger partial charge in [0.15, 0.2) is 0 Å². The molecule has 22 heavy (non-hydrogen) atoms. The molecule has 4 nitrogen and oxygen atoms in total. The van der Waals surface area contributed by atoms with Gasteiger partial charge in [-0.2, -0.15) is 0 Å². The number of carbonyl (C=O) groups is 1. The third-order valence-corrected chi connectivity index (χ3v) is 4.98. The van der Waals surface area contributed by atoms with Crippen molar-refractivity contribution in [2.75, 3.05) is 25.0 Å². The summed E-state index contributed by atoms with van der Waals surface area (Å²) in [7, 11) is 0. The smallest absolute Gasteiger partial charge is 0.221 e. The van der Waals surface area contributed by atoms with E-state index in [0.717, 1.165) is 24.2 Å². The minimum absolute atomic E-state index is 0.0182. The Kier molecular flexibility index (Phi) is 5.11. The van der Waals surface area contributed by atoms with E-state index in [0.29, 0.717) is 0 Å². The van der Waals surface area contributed by atoms with Crippen molar-refractivity contribution in [3.63, 3.8) is 0 Å². The monoisotopic (exact) mass is 301 g/mol. The maximum absolute atomic E-state index is 11.0. The Hall–Kier alpha value is -1.39. The van der Waals surface area contributed by atoms with Crippen LogP contribution in [0.4, 0.5) is 5.69 Å². The van der Waals surface area contributed by atoms with Crippen LogP contribution in [0, 0.1) is 5.92 Å². The average molecular weight is 301 g/mol. The van der Waals surface area contributed by atoms with Crippen molar-refractivity contribution in [2.45, 2.75) is 45.2 Å². The van der Waals surface area contributed by atoms with E-state index in [1.807, 2.05) is 12.1 Å². The summed E-state index contributed by atoms with van der Waals surface area (Å²) in [6.07, 6.45) is 5.37. The summed E-state index contributed by atoms with van der Waals surface area (Å²) in [5.74, 6) is 0.858. The molecule has 0 radical (unpaired) electrons. The molecule has 1 atom stereocenters. The van der Waals surface area contributed by atoms with Gasteiger partial charge >= 0.3 is 0 Å². The first-order valence-corrected chi connectivity index (χ1v) is 8.53. The van der Waals surface area contributed by atoms with Crippen molar-refractivity contribution in [1.29, 1.82) is 0 Å². The van der Waals surface area contributed by atoms with Gasteiger partial charge in [0.2, 0.25) is 5.91 Å². The Labute approximate surface area is 133 Å². The first kappa shape index (κ1) is 15.5. The number of likely N-dealkylation sites (tertiary alicyclic amines) is 1. The van der Waals surface area contributed by atoms with Crippen LogP contribution >= 0.6 is 0 Å². The predicted octanol–water partition coefficient (Wildman–Crippen LogP) is 2.61. The number of rotatable bonds is 4. The van der Waals surface area contributed by atoms with E-state index >= 15 is 0 Å². The highest BCUT2D eigenvalue weighted by molar-refractivity contribution is 5.88. The van der Waals surface area contributed by atoms with E-state index in [4.69, 9.17) is 0 Å². The summed E-state index contributed by atoms with van der Waals surface area (Å²) in [6.45, 7) is 6.18. The molecule has 1 unspecified atom stereocenters. The average Bonchev–Trinajstić information content (AvgIpc) is 3.04. The number of hydrogen-bond acceptors (Lipinski definition) is 3. The van der Waals surface area contributed by atoms with Crippen LogP contribution < -0.4 is 10.6 Å². The highest BCUT2D eigenvalue weighted by atomic mass is 16.1. The Bertz CT molecular complexity index is 486. The number of benzene rings is 1. The maximum Gasteiger partial charge on any atom is 0.221 e. The SMILES string of the molecule is CC(=O)Nc1ccc(CN2CCC(C3CCCN3)CC2)cc1. The minimum atomic E-state index is -0.0182.